The van der Waals surface area contributed by atoms with Crippen LogP contribution in [0.4, 0.5) is 10.5 Å². The predicted octanol–water partition coefficient (Wildman–Crippen LogP) is 4.32. The average molecular weight is 376 g/mol. The summed E-state index contributed by atoms with van der Waals surface area (Å²) in [5.74, 6) is 2.20. The Kier molecular flexibility index (Phi) is 5.29. The second-order valence-corrected chi connectivity index (χ2v) is 6.25. The maximum absolute atomic E-state index is 12.3. The second-order valence-electron chi connectivity index (χ2n) is 6.25. The van der Waals surface area contributed by atoms with E-state index >= 15 is 0 Å². The number of hydrogen-bond donors (Lipinski definition) is 2. The van der Waals surface area contributed by atoms with Gasteiger partial charge in [-0.2, -0.15) is 0 Å². The van der Waals surface area contributed by atoms with E-state index in [1.807, 2.05) is 72.8 Å². The highest BCUT2D eigenvalue weighted by Crippen LogP contribution is 2.32. The number of hydrogen-bond acceptors (Lipinski definition) is 4. The van der Waals surface area contributed by atoms with Crippen LogP contribution in [0.15, 0.2) is 72.8 Å². The molecule has 0 radical (unpaired) electrons. The average Bonchev–Trinajstić information content (AvgIpc) is 3.20. The molecule has 6 heteroatoms. The van der Waals surface area contributed by atoms with E-state index < -0.39 is 0 Å². The van der Waals surface area contributed by atoms with Gasteiger partial charge in [0.15, 0.2) is 11.5 Å². The number of anilines is 1. The lowest BCUT2D eigenvalue weighted by atomic mass is 10.2. The van der Waals surface area contributed by atoms with E-state index in [9.17, 15) is 4.79 Å². The number of ether oxygens (including phenoxy) is 3. The van der Waals surface area contributed by atoms with Crippen molar-refractivity contribution < 1.29 is 19.0 Å². The van der Waals surface area contributed by atoms with Gasteiger partial charge in [0.2, 0.25) is 6.79 Å². The number of para-hydroxylation sites is 2. The minimum Gasteiger partial charge on any atom is -0.489 e. The molecule has 1 heterocycles. The SMILES string of the molecule is O=C(NCc1ccc2c(c1)OCO2)Nc1ccccc1COc1ccccc1. The molecule has 1 aliphatic rings. The Hall–Kier alpha value is -3.67. The first-order valence-corrected chi connectivity index (χ1v) is 8.97. The molecule has 6 nitrogen and oxygen atoms in total. The van der Waals surface area contributed by atoms with Crippen molar-refractivity contribution in [2.75, 3.05) is 12.1 Å². The van der Waals surface area contributed by atoms with Gasteiger partial charge in [0.05, 0.1) is 0 Å². The summed E-state index contributed by atoms with van der Waals surface area (Å²) < 4.78 is 16.4. The van der Waals surface area contributed by atoms with Crippen LogP contribution in [0.5, 0.6) is 17.2 Å². The van der Waals surface area contributed by atoms with Gasteiger partial charge in [-0.05, 0) is 35.9 Å². The molecule has 0 fully saturated rings. The standard InChI is InChI=1S/C22H20N2O4/c25-22(23-13-16-10-11-20-21(12-16)28-15-27-20)24-19-9-5-4-6-17(19)14-26-18-7-2-1-3-8-18/h1-12H,13-15H2,(H2,23,24,25). The molecule has 142 valence electrons. The Morgan fingerprint density at radius 1 is 0.929 bits per heavy atom. The molecule has 0 saturated heterocycles. The smallest absolute Gasteiger partial charge is 0.319 e. The van der Waals surface area contributed by atoms with Crippen LogP contribution in [-0.2, 0) is 13.2 Å². The molecule has 0 spiro atoms. The van der Waals surface area contributed by atoms with Gasteiger partial charge in [0, 0.05) is 17.8 Å². The summed E-state index contributed by atoms with van der Waals surface area (Å²) in [5, 5.41) is 5.74. The Morgan fingerprint density at radius 2 is 1.71 bits per heavy atom. The van der Waals surface area contributed by atoms with Crippen LogP contribution in [-0.4, -0.2) is 12.8 Å². The molecule has 1 aliphatic heterocycles. The van der Waals surface area contributed by atoms with Crippen LogP contribution in [0.2, 0.25) is 0 Å². The van der Waals surface area contributed by atoms with E-state index in [0.717, 1.165) is 22.6 Å². The van der Waals surface area contributed by atoms with Crippen molar-refractivity contribution in [3.63, 3.8) is 0 Å². The number of urea groups is 1. The lowest BCUT2D eigenvalue weighted by molar-refractivity contribution is 0.174. The molecule has 0 aromatic heterocycles. The molecule has 0 atom stereocenters. The van der Waals surface area contributed by atoms with Gasteiger partial charge in [-0.3, -0.25) is 0 Å². The largest absolute Gasteiger partial charge is 0.489 e. The molecule has 0 aliphatic carbocycles. The first kappa shape index (κ1) is 17.7. The summed E-state index contributed by atoms with van der Waals surface area (Å²) in [6, 6.07) is 22.5. The topological polar surface area (TPSA) is 68.8 Å². The van der Waals surface area contributed by atoms with Crippen LogP contribution in [0.1, 0.15) is 11.1 Å². The van der Waals surface area contributed by atoms with Crippen LogP contribution < -0.4 is 24.8 Å². The number of carbonyl (C=O) groups is 1. The van der Waals surface area contributed by atoms with Crippen molar-refractivity contribution in [1.82, 2.24) is 5.32 Å². The minimum absolute atomic E-state index is 0.231. The lowest BCUT2D eigenvalue weighted by Crippen LogP contribution is -2.28. The molecular weight excluding hydrogens is 356 g/mol. The third kappa shape index (κ3) is 4.35. The summed E-state index contributed by atoms with van der Waals surface area (Å²) >= 11 is 0. The van der Waals surface area contributed by atoms with Crippen LogP contribution in [0.25, 0.3) is 0 Å². The molecular formula is C22H20N2O4. The molecule has 3 aromatic rings. The van der Waals surface area contributed by atoms with Gasteiger partial charge in [0.25, 0.3) is 0 Å². The zero-order chi connectivity index (χ0) is 19.2. The monoisotopic (exact) mass is 376 g/mol. The number of fused-ring (bicyclic) bond motifs is 1. The predicted molar refractivity (Wildman–Crippen MR) is 106 cm³/mol. The van der Waals surface area contributed by atoms with Crippen molar-refractivity contribution in [1.29, 1.82) is 0 Å². The van der Waals surface area contributed by atoms with E-state index in [2.05, 4.69) is 10.6 Å². The fourth-order valence-electron chi connectivity index (χ4n) is 2.85. The van der Waals surface area contributed by atoms with Gasteiger partial charge < -0.3 is 24.8 Å². The van der Waals surface area contributed by atoms with Crippen molar-refractivity contribution >= 4 is 11.7 Å². The quantitative estimate of drug-likeness (QED) is 0.672. The summed E-state index contributed by atoms with van der Waals surface area (Å²) in [7, 11) is 0. The normalized spacial score (nSPS) is 11.7. The van der Waals surface area contributed by atoms with Gasteiger partial charge >= 0.3 is 6.03 Å². The number of rotatable bonds is 6. The number of nitrogens with one attached hydrogen (secondary N) is 2. The number of benzene rings is 3. The third-order valence-electron chi connectivity index (χ3n) is 4.29. The Bertz CT molecular complexity index is 960. The molecule has 2 amide bonds. The fourth-order valence-corrected chi connectivity index (χ4v) is 2.85. The van der Waals surface area contributed by atoms with E-state index in [-0.39, 0.29) is 12.8 Å². The van der Waals surface area contributed by atoms with E-state index in [1.54, 1.807) is 0 Å². The number of carbonyl (C=O) groups excluding carboxylic acids is 1. The maximum Gasteiger partial charge on any atom is 0.319 e. The van der Waals surface area contributed by atoms with E-state index in [4.69, 9.17) is 14.2 Å². The molecule has 0 saturated carbocycles. The van der Waals surface area contributed by atoms with Crippen molar-refractivity contribution in [2.24, 2.45) is 0 Å². The summed E-state index contributed by atoms with van der Waals surface area (Å²) in [6.45, 7) is 0.975. The van der Waals surface area contributed by atoms with Gasteiger partial charge in [0.1, 0.15) is 12.4 Å². The van der Waals surface area contributed by atoms with Crippen molar-refractivity contribution in [3.05, 3.63) is 83.9 Å². The summed E-state index contributed by atoms with van der Waals surface area (Å²) in [5.41, 5.74) is 2.53. The summed E-state index contributed by atoms with van der Waals surface area (Å²) in [6.07, 6.45) is 0. The van der Waals surface area contributed by atoms with Crippen LogP contribution in [0.3, 0.4) is 0 Å². The minimum atomic E-state index is -0.287. The zero-order valence-electron chi connectivity index (χ0n) is 15.2. The molecule has 2 N–H and O–H groups in total. The maximum atomic E-state index is 12.3. The van der Waals surface area contributed by atoms with Crippen molar-refractivity contribution in [2.45, 2.75) is 13.2 Å². The van der Waals surface area contributed by atoms with Crippen LogP contribution >= 0.6 is 0 Å². The van der Waals surface area contributed by atoms with Gasteiger partial charge in [-0.15, -0.1) is 0 Å². The Morgan fingerprint density at radius 3 is 2.61 bits per heavy atom. The Balaban J connectivity index is 1.34. The molecule has 3 aromatic carbocycles. The highest BCUT2D eigenvalue weighted by molar-refractivity contribution is 5.90. The van der Waals surface area contributed by atoms with E-state index in [1.165, 1.54) is 0 Å². The highest BCUT2D eigenvalue weighted by Gasteiger charge is 2.13. The number of amides is 2. The molecule has 0 unspecified atom stereocenters. The second kappa shape index (κ2) is 8.35. The van der Waals surface area contributed by atoms with E-state index in [0.29, 0.717) is 24.6 Å². The Labute approximate surface area is 163 Å². The molecule has 4 rings (SSSR count). The third-order valence-corrected chi connectivity index (χ3v) is 4.29. The zero-order valence-corrected chi connectivity index (χ0v) is 15.2. The van der Waals surface area contributed by atoms with Gasteiger partial charge in [-0.1, -0.05) is 42.5 Å². The summed E-state index contributed by atoms with van der Waals surface area (Å²) in [4.78, 5) is 12.3. The molecule has 0 bridgehead atoms. The fraction of sp³-hybridized carbons (Fsp3) is 0.136. The first-order chi connectivity index (χ1) is 13.8. The van der Waals surface area contributed by atoms with Crippen LogP contribution in [0, 0.1) is 0 Å². The van der Waals surface area contributed by atoms with Gasteiger partial charge in [-0.25, -0.2) is 4.79 Å². The molecule has 28 heavy (non-hydrogen) atoms. The van der Waals surface area contributed by atoms with Crippen molar-refractivity contribution in [3.8, 4) is 17.2 Å². The first-order valence-electron chi connectivity index (χ1n) is 8.97. The lowest BCUT2D eigenvalue weighted by Gasteiger charge is -2.13. The highest BCUT2D eigenvalue weighted by atomic mass is 16.7.